The van der Waals surface area contributed by atoms with Gasteiger partial charge >= 0.3 is 5.92 Å². The van der Waals surface area contributed by atoms with Crippen molar-refractivity contribution >= 4 is 0 Å². The maximum atomic E-state index is 16.2. The molecule has 5 rings (SSSR count). The lowest BCUT2D eigenvalue weighted by Crippen LogP contribution is -2.48. The largest absolute Gasteiger partial charge is 0.489 e. The number of tetrazole rings is 1. The Labute approximate surface area is 250 Å². The minimum absolute atomic E-state index is 0.0889. The summed E-state index contributed by atoms with van der Waals surface area (Å²) in [6, 6.07) is 22.1. The lowest BCUT2D eigenvalue weighted by molar-refractivity contribution is -0.205. The van der Waals surface area contributed by atoms with Crippen LogP contribution in [0.3, 0.4) is 0 Å². The number of nitriles is 1. The predicted octanol–water partition coefficient (Wildman–Crippen LogP) is 5.79. The normalized spacial score (nSPS) is 12.5. The molecule has 1 heterocycles. The van der Waals surface area contributed by atoms with Gasteiger partial charge in [0.15, 0.2) is 5.60 Å². The van der Waals surface area contributed by atoms with E-state index in [0.717, 1.165) is 34.8 Å². The summed E-state index contributed by atoms with van der Waals surface area (Å²) in [6.07, 6.45) is 1.00. The fraction of sp³-hybridized carbons (Fsp3) is 0.152. The highest BCUT2D eigenvalue weighted by atomic mass is 19.3. The second kappa shape index (κ2) is 12.4. The number of nitrogens with zero attached hydrogens (tertiary/aromatic N) is 5. The molecule has 5 aromatic rings. The van der Waals surface area contributed by atoms with Gasteiger partial charge in [-0.25, -0.2) is 13.5 Å². The van der Waals surface area contributed by atoms with E-state index in [0.29, 0.717) is 35.1 Å². The van der Waals surface area contributed by atoms with Crippen LogP contribution in [0.5, 0.6) is 5.75 Å². The Morgan fingerprint density at radius 3 is 2.16 bits per heavy atom. The number of hydrogen-bond donors (Lipinski definition) is 1. The zero-order valence-corrected chi connectivity index (χ0v) is 23.2. The average Bonchev–Trinajstić information content (AvgIpc) is 3.52. The van der Waals surface area contributed by atoms with E-state index in [2.05, 4.69) is 33.4 Å². The summed E-state index contributed by atoms with van der Waals surface area (Å²) in [5, 5.41) is 30.6. The van der Waals surface area contributed by atoms with E-state index in [9.17, 15) is 13.9 Å². The first-order valence-electron chi connectivity index (χ1n) is 13.2. The van der Waals surface area contributed by atoms with Crippen molar-refractivity contribution in [1.82, 2.24) is 20.2 Å². The molecule has 1 N–H and O–H groups in total. The van der Waals surface area contributed by atoms with E-state index >= 15 is 8.78 Å². The molecule has 1 atom stereocenters. The van der Waals surface area contributed by atoms with Crippen LogP contribution < -0.4 is 4.74 Å². The lowest BCUT2D eigenvalue weighted by Gasteiger charge is -2.37. The quantitative estimate of drug-likeness (QED) is 0.180. The summed E-state index contributed by atoms with van der Waals surface area (Å²) in [4.78, 5) is 0. The van der Waals surface area contributed by atoms with Gasteiger partial charge in [0, 0.05) is 28.3 Å². The van der Waals surface area contributed by atoms with Gasteiger partial charge in [0.1, 0.15) is 30.3 Å². The first-order valence-corrected chi connectivity index (χ1v) is 13.2. The van der Waals surface area contributed by atoms with Crippen LogP contribution in [0.2, 0.25) is 0 Å². The van der Waals surface area contributed by atoms with Crippen LogP contribution in [-0.4, -0.2) is 25.3 Å². The van der Waals surface area contributed by atoms with Crippen LogP contribution in [0.1, 0.15) is 38.9 Å². The molecule has 4 aromatic carbocycles. The zero-order valence-electron chi connectivity index (χ0n) is 23.2. The second-order valence-corrected chi connectivity index (χ2v) is 9.97. The predicted molar refractivity (Wildman–Crippen MR) is 151 cm³/mol. The summed E-state index contributed by atoms with van der Waals surface area (Å²) in [5.41, 5.74) is -1.91. The standard InChI is InChI=1S/C33H23F4N5O2/c1-22-16-24(3-2-23-8-12-28(13-9-23)44-19-26-6-4-25(18-38)5-7-26)10-14-29(22)33(36,37)32(43,20-42-21-39-40-41-42)30-15-11-27(34)17-31(30)35/h4-17,21,43H,19-20H2,1H3. The topological polar surface area (TPSA) is 96.8 Å². The Kier molecular flexibility index (Phi) is 8.43. The highest BCUT2D eigenvalue weighted by Crippen LogP contribution is 2.48. The van der Waals surface area contributed by atoms with Gasteiger partial charge in [-0.15, -0.1) is 5.10 Å². The first kappa shape index (κ1) is 30.0. The molecular formula is C33H23F4N5O2. The molecule has 0 saturated carbocycles. The fourth-order valence-electron chi connectivity index (χ4n) is 4.60. The van der Waals surface area contributed by atoms with Crippen LogP contribution >= 0.6 is 0 Å². The first-order chi connectivity index (χ1) is 21.1. The molecule has 11 heteroatoms. The van der Waals surface area contributed by atoms with E-state index in [1.807, 2.05) is 12.1 Å². The summed E-state index contributed by atoms with van der Waals surface area (Å²) in [6.45, 7) is 0.836. The van der Waals surface area contributed by atoms with Crippen molar-refractivity contribution in [3.05, 3.63) is 142 Å². The summed E-state index contributed by atoms with van der Waals surface area (Å²) >= 11 is 0. The van der Waals surface area contributed by atoms with Crippen LogP contribution in [0.25, 0.3) is 0 Å². The Hall–Kier alpha value is -5.52. The van der Waals surface area contributed by atoms with Gasteiger partial charge in [0.05, 0.1) is 18.2 Å². The number of aromatic nitrogens is 4. The third-order valence-corrected chi connectivity index (χ3v) is 6.94. The van der Waals surface area contributed by atoms with Crippen LogP contribution in [0.4, 0.5) is 17.6 Å². The monoisotopic (exact) mass is 597 g/mol. The van der Waals surface area contributed by atoms with Gasteiger partial charge in [0.2, 0.25) is 0 Å². The number of alkyl halides is 2. The molecule has 0 aliphatic heterocycles. The van der Waals surface area contributed by atoms with E-state index in [-0.39, 0.29) is 5.56 Å². The molecule has 0 bridgehead atoms. The Morgan fingerprint density at radius 2 is 1.52 bits per heavy atom. The molecule has 0 amide bonds. The minimum Gasteiger partial charge on any atom is -0.489 e. The molecule has 220 valence electrons. The van der Waals surface area contributed by atoms with Gasteiger partial charge in [0.25, 0.3) is 0 Å². The van der Waals surface area contributed by atoms with Crippen molar-refractivity contribution in [3.63, 3.8) is 0 Å². The second-order valence-electron chi connectivity index (χ2n) is 9.97. The van der Waals surface area contributed by atoms with Gasteiger partial charge in [-0.3, -0.25) is 0 Å². The maximum absolute atomic E-state index is 16.2. The summed E-state index contributed by atoms with van der Waals surface area (Å²) in [5.74, 6) is 0.136. The molecule has 0 saturated heterocycles. The molecule has 1 aromatic heterocycles. The van der Waals surface area contributed by atoms with E-state index in [1.165, 1.54) is 19.1 Å². The Balaban J connectivity index is 1.35. The molecule has 7 nitrogen and oxygen atoms in total. The van der Waals surface area contributed by atoms with Crippen molar-refractivity contribution in [1.29, 1.82) is 5.26 Å². The van der Waals surface area contributed by atoms with Crippen molar-refractivity contribution in [2.45, 2.75) is 31.6 Å². The number of aliphatic hydroxyl groups is 1. The minimum atomic E-state index is -4.07. The number of hydrogen-bond acceptors (Lipinski definition) is 6. The number of aryl methyl sites for hydroxylation is 1. The summed E-state index contributed by atoms with van der Waals surface area (Å²) < 4.78 is 67.4. The SMILES string of the molecule is Cc1cc(C#Cc2ccc(OCc3ccc(C#N)cc3)cc2)ccc1C(F)(F)C(O)(Cn1cnnn1)c1ccc(F)cc1F. The van der Waals surface area contributed by atoms with Crippen LogP contribution in [0, 0.1) is 41.7 Å². The zero-order chi connectivity index (χ0) is 31.3. The average molecular weight is 598 g/mol. The van der Waals surface area contributed by atoms with E-state index in [1.54, 1.807) is 36.4 Å². The molecule has 0 radical (unpaired) electrons. The Morgan fingerprint density at radius 1 is 0.864 bits per heavy atom. The van der Waals surface area contributed by atoms with E-state index < -0.39 is 40.8 Å². The van der Waals surface area contributed by atoms with Crippen molar-refractivity contribution in [2.75, 3.05) is 0 Å². The van der Waals surface area contributed by atoms with Gasteiger partial charge < -0.3 is 9.84 Å². The van der Waals surface area contributed by atoms with E-state index in [4.69, 9.17) is 10.00 Å². The van der Waals surface area contributed by atoms with Crippen molar-refractivity contribution in [3.8, 4) is 23.7 Å². The highest BCUT2D eigenvalue weighted by molar-refractivity contribution is 5.48. The number of rotatable bonds is 8. The molecule has 0 fully saturated rings. The van der Waals surface area contributed by atoms with Crippen LogP contribution in [-0.2, 0) is 24.7 Å². The third kappa shape index (κ3) is 6.28. The molecule has 44 heavy (non-hydrogen) atoms. The highest BCUT2D eigenvalue weighted by Gasteiger charge is 2.57. The van der Waals surface area contributed by atoms with Gasteiger partial charge in [-0.05, 0) is 89.1 Å². The number of halogens is 4. The molecule has 1 unspecified atom stereocenters. The smallest absolute Gasteiger partial charge is 0.307 e. The number of ether oxygens (including phenoxy) is 1. The van der Waals surface area contributed by atoms with Gasteiger partial charge in [-0.1, -0.05) is 30.0 Å². The fourth-order valence-corrected chi connectivity index (χ4v) is 4.60. The molecular weight excluding hydrogens is 574 g/mol. The lowest BCUT2D eigenvalue weighted by atomic mass is 9.81. The van der Waals surface area contributed by atoms with Crippen molar-refractivity contribution in [2.24, 2.45) is 0 Å². The van der Waals surface area contributed by atoms with Gasteiger partial charge in [-0.2, -0.15) is 14.0 Å². The molecule has 0 aliphatic carbocycles. The maximum Gasteiger partial charge on any atom is 0.307 e. The van der Waals surface area contributed by atoms with Crippen LogP contribution in [0.15, 0.2) is 91.3 Å². The third-order valence-electron chi connectivity index (χ3n) is 6.94. The molecule has 0 aliphatic rings. The summed E-state index contributed by atoms with van der Waals surface area (Å²) in [7, 11) is 0. The Bertz CT molecular complexity index is 1880. The van der Waals surface area contributed by atoms with Crippen molar-refractivity contribution < 1.29 is 27.4 Å². The molecule has 0 spiro atoms. The number of benzene rings is 4.